The van der Waals surface area contributed by atoms with E-state index in [9.17, 15) is 4.79 Å². The Morgan fingerprint density at radius 2 is 2.03 bits per heavy atom. The van der Waals surface area contributed by atoms with Crippen LogP contribution in [0.5, 0.6) is 0 Å². The van der Waals surface area contributed by atoms with Crippen molar-refractivity contribution in [2.24, 2.45) is 7.05 Å². The fourth-order valence-electron chi connectivity index (χ4n) is 3.21. The second kappa shape index (κ2) is 8.16. The number of hydrogen-bond acceptors (Lipinski definition) is 8. The molecule has 9 nitrogen and oxygen atoms in total. The molecule has 4 heterocycles. The lowest BCUT2D eigenvalue weighted by Crippen LogP contribution is -2.28. The van der Waals surface area contributed by atoms with Crippen molar-refractivity contribution in [3.05, 3.63) is 35.1 Å². The lowest BCUT2D eigenvalue weighted by atomic mass is 10.3. The Morgan fingerprint density at radius 3 is 2.72 bits per heavy atom. The number of amides is 1. The summed E-state index contributed by atoms with van der Waals surface area (Å²) in [5, 5.41) is 9.35. The predicted octanol–water partition coefficient (Wildman–Crippen LogP) is 1.93. The molecule has 0 saturated carbocycles. The molecule has 10 heteroatoms. The molecule has 1 saturated heterocycles. The molecule has 1 aliphatic rings. The fraction of sp³-hybridized carbons (Fsp3) is 0.421. The maximum atomic E-state index is 12.7. The van der Waals surface area contributed by atoms with Gasteiger partial charge in [0.15, 0.2) is 5.82 Å². The summed E-state index contributed by atoms with van der Waals surface area (Å²) < 4.78 is 1.60. The quantitative estimate of drug-likeness (QED) is 0.661. The number of anilines is 2. The second-order valence-electron chi connectivity index (χ2n) is 7.14. The summed E-state index contributed by atoms with van der Waals surface area (Å²) in [6.07, 6.45) is 2.28. The second-order valence-corrected chi connectivity index (χ2v) is 8.09. The first-order valence-corrected chi connectivity index (χ1v) is 10.4. The number of rotatable bonds is 6. The van der Waals surface area contributed by atoms with Crippen molar-refractivity contribution in [1.29, 1.82) is 0 Å². The van der Waals surface area contributed by atoms with Gasteiger partial charge in [-0.05, 0) is 30.4 Å². The third kappa shape index (κ3) is 4.21. The summed E-state index contributed by atoms with van der Waals surface area (Å²) in [7, 11) is 5.56. The molecule has 29 heavy (non-hydrogen) atoms. The van der Waals surface area contributed by atoms with Crippen LogP contribution in [0.1, 0.15) is 29.2 Å². The van der Waals surface area contributed by atoms with E-state index in [-0.39, 0.29) is 12.5 Å². The van der Waals surface area contributed by atoms with Crippen molar-refractivity contribution < 1.29 is 4.79 Å². The van der Waals surface area contributed by atoms with Gasteiger partial charge in [-0.2, -0.15) is 20.1 Å². The van der Waals surface area contributed by atoms with Crippen LogP contribution >= 0.6 is 11.3 Å². The van der Waals surface area contributed by atoms with Gasteiger partial charge in [-0.15, -0.1) is 11.3 Å². The molecule has 0 aromatic carbocycles. The highest BCUT2D eigenvalue weighted by molar-refractivity contribution is 7.13. The number of hydrogen-bond donors (Lipinski definition) is 1. The fourth-order valence-corrected chi connectivity index (χ4v) is 3.89. The zero-order chi connectivity index (χ0) is 20.4. The summed E-state index contributed by atoms with van der Waals surface area (Å²) in [5.74, 6) is 1.59. The molecule has 0 aliphatic carbocycles. The molecule has 3 aromatic rings. The van der Waals surface area contributed by atoms with Gasteiger partial charge in [0.05, 0.1) is 11.4 Å². The van der Waals surface area contributed by atoms with E-state index >= 15 is 0 Å². The predicted molar refractivity (Wildman–Crippen MR) is 113 cm³/mol. The van der Waals surface area contributed by atoms with E-state index in [0.717, 1.165) is 36.5 Å². The average molecular weight is 413 g/mol. The molecular weight excluding hydrogens is 388 g/mol. The first-order valence-electron chi connectivity index (χ1n) is 9.54. The molecule has 1 fully saturated rings. The van der Waals surface area contributed by atoms with Gasteiger partial charge in [0.1, 0.15) is 11.4 Å². The Kier molecular flexibility index (Phi) is 5.43. The van der Waals surface area contributed by atoms with E-state index in [0.29, 0.717) is 23.4 Å². The van der Waals surface area contributed by atoms with Gasteiger partial charge in [0.2, 0.25) is 11.9 Å². The monoisotopic (exact) mass is 412 g/mol. The molecule has 1 N–H and O–H groups in total. The highest BCUT2D eigenvalue weighted by Crippen LogP contribution is 2.24. The lowest BCUT2D eigenvalue weighted by Gasteiger charge is -2.18. The maximum Gasteiger partial charge on any atom is 0.269 e. The minimum Gasteiger partial charge on any atom is -0.347 e. The summed E-state index contributed by atoms with van der Waals surface area (Å²) in [6.45, 7) is 2.12. The Labute approximate surface area is 173 Å². The topological polar surface area (TPSA) is 92.1 Å². The van der Waals surface area contributed by atoms with Gasteiger partial charge in [-0.25, -0.2) is 0 Å². The van der Waals surface area contributed by atoms with Crippen molar-refractivity contribution in [3.63, 3.8) is 0 Å². The van der Waals surface area contributed by atoms with Crippen LogP contribution in [-0.2, 0) is 13.6 Å². The third-order valence-electron chi connectivity index (χ3n) is 4.74. The van der Waals surface area contributed by atoms with Gasteiger partial charge in [-0.3, -0.25) is 9.48 Å². The average Bonchev–Trinajstić information content (AvgIpc) is 3.46. The molecule has 0 unspecified atom stereocenters. The van der Waals surface area contributed by atoms with Crippen LogP contribution in [0.15, 0.2) is 23.6 Å². The summed E-state index contributed by atoms with van der Waals surface area (Å²) in [5.41, 5.74) is 1.29. The van der Waals surface area contributed by atoms with Crippen LogP contribution < -0.4 is 15.1 Å². The standard InChI is InChI=1S/C19H24N8OS/c1-25(2)18-21-16(22-19(23-18)27-8-4-5-9-27)12-20-17(28)14-11-13(24-26(14)3)15-7-6-10-29-15/h6-7,10-11H,4-5,8-9,12H2,1-3H3,(H,20,28). The third-order valence-corrected chi connectivity index (χ3v) is 5.63. The number of carbonyl (C=O) groups excluding carboxylic acids is 1. The molecule has 3 aromatic heterocycles. The SMILES string of the molecule is CN(C)c1nc(CNC(=O)c2cc(-c3cccs3)nn2C)nc(N2CCCC2)n1. The van der Waals surface area contributed by atoms with Gasteiger partial charge in [0, 0.05) is 34.2 Å². The minimum absolute atomic E-state index is 0.211. The first-order chi connectivity index (χ1) is 14.0. The van der Waals surface area contributed by atoms with Crippen LogP contribution in [-0.4, -0.2) is 57.8 Å². The zero-order valence-corrected chi connectivity index (χ0v) is 17.6. The van der Waals surface area contributed by atoms with Crippen molar-refractivity contribution >= 4 is 29.1 Å². The first kappa shape index (κ1) is 19.3. The number of carbonyl (C=O) groups is 1. The summed E-state index contributed by atoms with van der Waals surface area (Å²) >= 11 is 1.59. The molecule has 1 amide bonds. The Balaban J connectivity index is 1.50. The van der Waals surface area contributed by atoms with Crippen LogP contribution in [0.25, 0.3) is 10.6 Å². The number of aryl methyl sites for hydroxylation is 1. The van der Waals surface area contributed by atoms with Crippen LogP contribution in [0.3, 0.4) is 0 Å². The number of thiophene rings is 1. The van der Waals surface area contributed by atoms with Crippen molar-refractivity contribution in [3.8, 4) is 10.6 Å². The molecule has 0 atom stereocenters. The van der Waals surface area contributed by atoms with E-state index in [4.69, 9.17) is 0 Å². The normalized spacial score (nSPS) is 13.7. The molecule has 0 bridgehead atoms. The van der Waals surface area contributed by atoms with E-state index in [1.54, 1.807) is 29.1 Å². The van der Waals surface area contributed by atoms with Crippen LogP contribution in [0.2, 0.25) is 0 Å². The van der Waals surface area contributed by atoms with Gasteiger partial charge >= 0.3 is 0 Å². The Morgan fingerprint density at radius 1 is 1.24 bits per heavy atom. The van der Waals surface area contributed by atoms with E-state index in [2.05, 4.69) is 30.3 Å². The molecule has 1 aliphatic heterocycles. The molecule has 4 rings (SSSR count). The number of aromatic nitrogens is 5. The largest absolute Gasteiger partial charge is 0.347 e. The van der Waals surface area contributed by atoms with Gasteiger partial charge in [0.25, 0.3) is 5.91 Å². The zero-order valence-electron chi connectivity index (χ0n) is 16.8. The molecule has 0 spiro atoms. The minimum atomic E-state index is -0.211. The maximum absolute atomic E-state index is 12.7. The Hall–Kier alpha value is -3.01. The van der Waals surface area contributed by atoms with E-state index in [1.165, 1.54) is 0 Å². The molecule has 0 radical (unpaired) electrons. The van der Waals surface area contributed by atoms with E-state index in [1.807, 2.05) is 36.5 Å². The van der Waals surface area contributed by atoms with Crippen LogP contribution in [0, 0.1) is 0 Å². The van der Waals surface area contributed by atoms with Gasteiger partial charge in [-0.1, -0.05) is 6.07 Å². The Bertz CT molecular complexity index is 992. The summed E-state index contributed by atoms with van der Waals surface area (Å²) in [4.78, 5) is 31.4. The van der Waals surface area contributed by atoms with Gasteiger partial charge < -0.3 is 15.1 Å². The molecular formula is C19H24N8OS. The molecule has 152 valence electrons. The van der Waals surface area contributed by atoms with Crippen molar-refractivity contribution in [1.82, 2.24) is 30.0 Å². The van der Waals surface area contributed by atoms with Crippen molar-refractivity contribution in [2.75, 3.05) is 37.0 Å². The smallest absolute Gasteiger partial charge is 0.269 e. The number of nitrogens with one attached hydrogen (secondary N) is 1. The summed E-state index contributed by atoms with van der Waals surface area (Å²) in [6, 6.07) is 5.76. The highest BCUT2D eigenvalue weighted by Gasteiger charge is 2.19. The van der Waals surface area contributed by atoms with Crippen LogP contribution in [0.4, 0.5) is 11.9 Å². The highest BCUT2D eigenvalue weighted by atomic mass is 32.1. The number of nitrogens with zero attached hydrogens (tertiary/aromatic N) is 7. The van der Waals surface area contributed by atoms with E-state index < -0.39 is 0 Å². The van der Waals surface area contributed by atoms with Crippen molar-refractivity contribution in [2.45, 2.75) is 19.4 Å². The lowest BCUT2D eigenvalue weighted by molar-refractivity contribution is 0.0940.